The van der Waals surface area contributed by atoms with Crippen LogP contribution in [-0.4, -0.2) is 45.0 Å². The summed E-state index contributed by atoms with van der Waals surface area (Å²) in [6.45, 7) is 7.87. The number of rotatable bonds is 20. The van der Waals surface area contributed by atoms with Gasteiger partial charge in [-0.05, 0) is 12.8 Å². The molecule has 0 rings (SSSR count). The first kappa shape index (κ1) is 27.8. The number of aliphatic hydroxyl groups excluding tert-OH is 3. The molecule has 0 aliphatic heterocycles. The number of hydrogen-bond donors (Lipinski definition) is 3. The van der Waals surface area contributed by atoms with Crippen LogP contribution in [0.1, 0.15) is 130 Å². The van der Waals surface area contributed by atoms with Crippen LogP contribution in [-0.2, 0) is 0 Å². The zero-order chi connectivity index (χ0) is 21.3. The predicted molar refractivity (Wildman–Crippen MR) is 120 cm³/mol. The first-order valence-corrected chi connectivity index (χ1v) is 12.3. The average Bonchev–Trinajstić information content (AvgIpc) is 2.63. The highest BCUT2D eigenvalue weighted by Crippen LogP contribution is 2.23. The lowest BCUT2D eigenvalue weighted by Gasteiger charge is -2.45. The lowest BCUT2D eigenvalue weighted by molar-refractivity contribution is -1.04. The maximum absolute atomic E-state index is 10.1. The van der Waals surface area contributed by atoms with Gasteiger partial charge >= 0.3 is 0 Å². The molecule has 4 nitrogen and oxygen atoms in total. The Morgan fingerprint density at radius 2 is 0.714 bits per heavy atom. The molecule has 170 valence electrons. The fourth-order valence-corrected chi connectivity index (χ4v) is 4.43. The Labute approximate surface area is 175 Å². The van der Waals surface area contributed by atoms with Crippen LogP contribution in [0.4, 0.5) is 0 Å². The smallest absolute Gasteiger partial charge is 0.191 e. The van der Waals surface area contributed by atoms with Gasteiger partial charge in [0, 0.05) is 20.8 Å². The van der Waals surface area contributed by atoms with Gasteiger partial charge in [-0.25, -0.2) is 4.48 Å². The minimum absolute atomic E-state index is 0.0431. The number of quaternary nitrogens is 1. The van der Waals surface area contributed by atoms with Gasteiger partial charge in [0.05, 0.1) is 6.54 Å². The Balaban J connectivity index is 3.55. The van der Waals surface area contributed by atoms with Crippen molar-refractivity contribution in [2.75, 3.05) is 6.54 Å². The molecule has 0 saturated heterocycles. The van der Waals surface area contributed by atoms with Gasteiger partial charge in [-0.15, -0.1) is 0 Å². The van der Waals surface area contributed by atoms with E-state index in [4.69, 9.17) is 0 Å². The molecular formula is C24H52NO3+. The first-order valence-electron chi connectivity index (χ1n) is 12.3. The fraction of sp³-hybridized carbons (Fsp3) is 1.00. The molecule has 28 heavy (non-hydrogen) atoms. The van der Waals surface area contributed by atoms with E-state index in [1.165, 1.54) is 89.9 Å². The monoisotopic (exact) mass is 402 g/mol. The van der Waals surface area contributed by atoms with Crippen molar-refractivity contribution >= 4 is 0 Å². The summed E-state index contributed by atoms with van der Waals surface area (Å²) >= 11 is 0. The summed E-state index contributed by atoms with van der Waals surface area (Å²) in [5.74, 6) is 0. The second-order valence-electron chi connectivity index (χ2n) is 8.92. The molecule has 0 heterocycles. The minimum Gasteiger partial charge on any atom is -0.345 e. The van der Waals surface area contributed by atoms with Crippen molar-refractivity contribution in [2.24, 2.45) is 0 Å². The summed E-state index contributed by atoms with van der Waals surface area (Å²) in [4.78, 5) is 0. The third kappa shape index (κ3) is 11.7. The van der Waals surface area contributed by atoms with E-state index in [9.17, 15) is 15.3 Å². The van der Waals surface area contributed by atoms with Crippen LogP contribution >= 0.6 is 0 Å². The molecule has 0 aliphatic rings. The topological polar surface area (TPSA) is 60.7 Å². The van der Waals surface area contributed by atoms with Gasteiger partial charge in [-0.1, -0.05) is 96.8 Å². The Kier molecular flexibility index (Phi) is 17.6. The van der Waals surface area contributed by atoms with Crippen molar-refractivity contribution in [3.63, 3.8) is 0 Å². The van der Waals surface area contributed by atoms with Crippen LogP contribution in [0.25, 0.3) is 0 Å². The van der Waals surface area contributed by atoms with Crippen LogP contribution in [0.3, 0.4) is 0 Å². The van der Waals surface area contributed by atoms with Crippen molar-refractivity contribution in [1.29, 1.82) is 0 Å². The zero-order valence-corrected chi connectivity index (χ0v) is 19.5. The summed E-state index contributed by atoms with van der Waals surface area (Å²) < 4.78 is -0.0431. The van der Waals surface area contributed by atoms with Crippen LogP contribution in [0.2, 0.25) is 0 Å². The summed E-state index contributed by atoms with van der Waals surface area (Å²) in [7, 11) is 0. The van der Waals surface area contributed by atoms with Gasteiger partial charge < -0.3 is 15.3 Å². The van der Waals surface area contributed by atoms with Gasteiger partial charge in [0.2, 0.25) is 0 Å². The zero-order valence-electron chi connectivity index (χ0n) is 19.5. The van der Waals surface area contributed by atoms with E-state index >= 15 is 0 Å². The third-order valence-corrected chi connectivity index (χ3v) is 6.49. The predicted octanol–water partition coefficient (Wildman–Crippen LogP) is 6.08. The highest BCUT2D eigenvalue weighted by molar-refractivity contribution is 4.52. The molecular weight excluding hydrogens is 350 g/mol. The van der Waals surface area contributed by atoms with E-state index in [-0.39, 0.29) is 4.48 Å². The summed E-state index contributed by atoms with van der Waals surface area (Å²) in [6.07, 6.45) is 18.9. The summed E-state index contributed by atoms with van der Waals surface area (Å²) in [5, 5.41) is 30.2. The van der Waals surface area contributed by atoms with E-state index in [1.807, 2.05) is 0 Å². The van der Waals surface area contributed by atoms with Crippen LogP contribution < -0.4 is 0 Å². The second-order valence-corrected chi connectivity index (χ2v) is 8.92. The molecule has 0 spiro atoms. The van der Waals surface area contributed by atoms with Gasteiger partial charge in [0.15, 0.2) is 18.7 Å². The summed E-state index contributed by atoms with van der Waals surface area (Å²) in [6, 6.07) is 0. The highest BCUT2D eigenvalue weighted by Gasteiger charge is 2.41. The quantitative estimate of drug-likeness (QED) is 0.131. The molecule has 0 aromatic carbocycles. The van der Waals surface area contributed by atoms with Crippen LogP contribution in [0.5, 0.6) is 0 Å². The molecule has 0 saturated carbocycles. The third-order valence-electron chi connectivity index (χ3n) is 6.49. The van der Waals surface area contributed by atoms with Crippen molar-refractivity contribution < 1.29 is 19.8 Å². The maximum atomic E-state index is 10.1. The Hall–Kier alpha value is -0.160. The van der Waals surface area contributed by atoms with Crippen LogP contribution in [0, 0.1) is 0 Å². The van der Waals surface area contributed by atoms with Gasteiger partial charge in [0.1, 0.15) is 0 Å². The van der Waals surface area contributed by atoms with E-state index in [0.29, 0.717) is 6.54 Å². The minimum atomic E-state index is -0.767. The SMILES string of the molecule is CCCCCCCCCCCCCCCCCC[N+](C(C)O)(C(C)O)C(C)O. The van der Waals surface area contributed by atoms with E-state index in [2.05, 4.69) is 6.92 Å². The number of unbranched alkanes of at least 4 members (excludes halogenated alkanes) is 15. The normalized spacial score (nSPS) is 17.2. The molecule has 0 aromatic rings. The van der Waals surface area contributed by atoms with Crippen molar-refractivity contribution in [1.82, 2.24) is 0 Å². The average molecular weight is 403 g/mol. The molecule has 3 N–H and O–H groups in total. The van der Waals surface area contributed by atoms with Crippen molar-refractivity contribution in [3.8, 4) is 0 Å². The molecule has 0 amide bonds. The standard InChI is InChI=1S/C24H52NO3/c1-5-6-7-8-9-10-11-12-13-14-15-16-17-18-19-20-21-25(22(2)26,23(3)27)24(4)28/h22-24,26-28H,5-21H2,1-4H3/q+1. The Morgan fingerprint density at radius 1 is 0.464 bits per heavy atom. The first-order chi connectivity index (χ1) is 13.4. The molecule has 0 bridgehead atoms. The van der Waals surface area contributed by atoms with Gasteiger partial charge in [-0.2, -0.15) is 0 Å². The number of aliphatic hydroxyl groups is 3. The molecule has 4 heteroatoms. The van der Waals surface area contributed by atoms with E-state index < -0.39 is 18.7 Å². The number of nitrogens with zero attached hydrogens (tertiary/aromatic N) is 1. The Bertz CT molecular complexity index is 310. The van der Waals surface area contributed by atoms with E-state index in [0.717, 1.165) is 12.8 Å². The maximum Gasteiger partial charge on any atom is 0.191 e. The summed E-state index contributed by atoms with van der Waals surface area (Å²) in [5.41, 5.74) is 0. The largest absolute Gasteiger partial charge is 0.345 e. The molecule has 0 fully saturated rings. The highest BCUT2D eigenvalue weighted by atomic mass is 16.4. The Morgan fingerprint density at radius 3 is 0.964 bits per heavy atom. The molecule has 0 aromatic heterocycles. The van der Waals surface area contributed by atoms with Crippen molar-refractivity contribution in [2.45, 2.75) is 149 Å². The lowest BCUT2D eigenvalue weighted by Crippen LogP contribution is -2.64. The molecule has 0 aliphatic carbocycles. The van der Waals surface area contributed by atoms with Crippen LogP contribution in [0.15, 0.2) is 0 Å². The van der Waals surface area contributed by atoms with Crippen molar-refractivity contribution in [3.05, 3.63) is 0 Å². The fourth-order valence-electron chi connectivity index (χ4n) is 4.43. The molecule has 0 radical (unpaired) electrons. The second kappa shape index (κ2) is 17.7. The van der Waals surface area contributed by atoms with E-state index in [1.54, 1.807) is 20.8 Å². The molecule has 3 atom stereocenters. The molecule has 3 unspecified atom stereocenters. The van der Waals surface area contributed by atoms with Gasteiger partial charge in [-0.3, -0.25) is 0 Å². The lowest BCUT2D eigenvalue weighted by atomic mass is 10.0. The number of hydrogen-bond acceptors (Lipinski definition) is 3. The van der Waals surface area contributed by atoms with Gasteiger partial charge in [0.25, 0.3) is 0 Å².